The molecule has 4 rings (SSSR count). The molecule has 11 heteroatoms. The van der Waals surface area contributed by atoms with Gasteiger partial charge in [-0.1, -0.05) is 18.6 Å². The second-order valence-electron chi connectivity index (χ2n) is 8.46. The molecule has 3 aromatic rings. The predicted molar refractivity (Wildman–Crippen MR) is 117 cm³/mol. The molecule has 1 aromatic carbocycles. The first-order chi connectivity index (χ1) is 16.1. The largest absolute Gasteiger partial charge is 0.453 e. The molecule has 1 N–H and O–H groups in total. The molecule has 1 aliphatic rings. The third kappa shape index (κ3) is 5.02. The van der Waals surface area contributed by atoms with Gasteiger partial charge in [0.25, 0.3) is 11.7 Å². The van der Waals surface area contributed by atoms with Crippen molar-refractivity contribution in [2.24, 2.45) is 5.92 Å². The first-order valence-corrected chi connectivity index (χ1v) is 10.9. The van der Waals surface area contributed by atoms with Gasteiger partial charge in [0.2, 0.25) is 0 Å². The fraction of sp³-hybridized carbons (Fsp3) is 0.391. The van der Waals surface area contributed by atoms with Crippen LogP contribution in [0, 0.1) is 18.7 Å². The van der Waals surface area contributed by atoms with Crippen LogP contribution in [0.2, 0.25) is 0 Å². The Morgan fingerprint density at radius 3 is 2.68 bits per heavy atom. The maximum Gasteiger partial charge on any atom is 0.453 e. The lowest BCUT2D eigenvalue weighted by Gasteiger charge is -2.40. The topological polar surface area (TPSA) is 75.9 Å². The summed E-state index contributed by atoms with van der Waals surface area (Å²) in [6, 6.07) is 7.56. The number of hydrogen-bond donors (Lipinski definition) is 1. The van der Waals surface area contributed by atoms with E-state index in [-0.39, 0.29) is 29.1 Å². The highest BCUT2D eigenvalue weighted by atomic mass is 19.4. The average molecular weight is 476 g/mol. The van der Waals surface area contributed by atoms with E-state index < -0.39 is 17.8 Å². The summed E-state index contributed by atoms with van der Waals surface area (Å²) in [5.74, 6) is -1.35. The number of carbonyl (C=O) groups excluding carboxylic acids is 1. The number of carbonyl (C=O) groups is 1. The Morgan fingerprint density at radius 1 is 1.21 bits per heavy atom. The number of halogens is 4. The van der Waals surface area contributed by atoms with Gasteiger partial charge < -0.3 is 10.2 Å². The number of piperidine rings is 1. The van der Waals surface area contributed by atoms with Gasteiger partial charge in [0.1, 0.15) is 18.0 Å². The van der Waals surface area contributed by atoms with Crippen LogP contribution in [0.5, 0.6) is 0 Å². The molecule has 1 fully saturated rings. The van der Waals surface area contributed by atoms with Gasteiger partial charge in [0.15, 0.2) is 0 Å². The highest BCUT2D eigenvalue weighted by Crippen LogP contribution is 2.29. The zero-order valence-electron chi connectivity index (χ0n) is 18.7. The van der Waals surface area contributed by atoms with Crippen LogP contribution in [0.25, 0.3) is 5.69 Å². The van der Waals surface area contributed by atoms with Crippen molar-refractivity contribution in [1.82, 2.24) is 24.6 Å². The van der Waals surface area contributed by atoms with Crippen LogP contribution in [0.1, 0.15) is 41.5 Å². The monoisotopic (exact) mass is 476 g/mol. The molecular formula is C23H24F4N6O. The number of benzene rings is 1. The van der Waals surface area contributed by atoms with Crippen LogP contribution in [-0.4, -0.2) is 49.7 Å². The standard InChI is InChI=1S/C23H24F4N6O/c1-14-5-7-18(33-13-30-22(31-33)23(25,26)27)17(10-14)21(34)32-9-3-4-15(2)19(32)12-29-20-8-6-16(24)11-28-20/h5-8,10-11,13,15,19H,3-4,9,12H2,1-2H3,(H,28,29). The number of alkyl halides is 3. The summed E-state index contributed by atoms with van der Waals surface area (Å²) < 4.78 is 53.2. The molecule has 0 radical (unpaired) electrons. The van der Waals surface area contributed by atoms with Crippen LogP contribution in [0.4, 0.5) is 23.4 Å². The van der Waals surface area contributed by atoms with E-state index in [0.717, 1.165) is 35.6 Å². The molecule has 1 saturated heterocycles. The first kappa shape index (κ1) is 23.7. The second-order valence-corrected chi connectivity index (χ2v) is 8.46. The number of rotatable bonds is 5. The summed E-state index contributed by atoms with van der Waals surface area (Å²) in [6.45, 7) is 4.76. The lowest BCUT2D eigenvalue weighted by atomic mass is 9.89. The van der Waals surface area contributed by atoms with E-state index in [9.17, 15) is 22.4 Å². The van der Waals surface area contributed by atoms with Crippen molar-refractivity contribution in [1.29, 1.82) is 0 Å². The third-order valence-corrected chi connectivity index (χ3v) is 5.97. The van der Waals surface area contributed by atoms with E-state index in [0.29, 0.717) is 18.9 Å². The second kappa shape index (κ2) is 9.40. The minimum atomic E-state index is -4.69. The molecule has 0 aliphatic carbocycles. The molecule has 1 aliphatic heterocycles. The lowest BCUT2D eigenvalue weighted by Crippen LogP contribution is -2.51. The Balaban J connectivity index is 1.62. The highest BCUT2D eigenvalue weighted by Gasteiger charge is 2.37. The van der Waals surface area contributed by atoms with Crippen molar-refractivity contribution in [3.8, 4) is 5.69 Å². The van der Waals surface area contributed by atoms with Crippen molar-refractivity contribution in [2.75, 3.05) is 18.4 Å². The molecule has 180 valence electrons. The molecule has 7 nitrogen and oxygen atoms in total. The maximum atomic E-state index is 13.7. The number of nitrogens with one attached hydrogen (secondary N) is 1. The Labute approximate surface area is 193 Å². The first-order valence-electron chi connectivity index (χ1n) is 10.9. The van der Waals surface area contributed by atoms with Crippen molar-refractivity contribution >= 4 is 11.7 Å². The van der Waals surface area contributed by atoms with Crippen LogP contribution in [-0.2, 0) is 6.18 Å². The van der Waals surface area contributed by atoms with Crippen molar-refractivity contribution in [3.63, 3.8) is 0 Å². The number of pyridine rings is 1. The molecule has 34 heavy (non-hydrogen) atoms. The Morgan fingerprint density at radius 2 is 2.00 bits per heavy atom. The summed E-state index contributed by atoms with van der Waals surface area (Å²) in [5, 5.41) is 6.71. The third-order valence-electron chi connectivity index (χ3n) is 5.97. The van der Waals surface area contributed by atoms with E-state index in [4.69, 9.17) is 0 Å². The van der Waals surface area contributed by atoms with Gasteiger partial charge in [-0.2, -0.15) is 13.2 Å². The van der Waals surface area contributed by atoms with Gasteiger partial charge >= 0.3 is 6.18 Å². The quantitative estimate of drug-likeness (QED) is 0.550. The summed E-state index contributed by atoms with van der Waals surface area (Å²) in [6.07, 6.45) is -0.885. The number of aromatic nitrogens is 4. The van der Waals surface area contributed by atoms with E-state index in [1.165, 1.54) is 12.1 Å². The number of aryl methyl sites for hydroxylation is 1. The molecular weight excluding hydrogens is 452 g/mol. The van der Waals surface area contributed by atoms with Crippen molar-refractivity contribution in [3.05, 3.63) is 65.6 Å². The van der Waals surface area contributed by atoms with Crippen LogP contribution < -0.4 is 5.32 Å². The van der Waals surface area contributed by atoms with Crippen LogP contribution in [0.15, 0.2) is 42.9 Å². The minimum Gasteiger partial charge on any atom is -0.368 e. The van der Waals surface area contributed by atoms with E-state index in [1.807, 2.05) is 6.92 Å². The van der Waals surface area contributed by atoms with Crippen LogP contribution >= 0.6 is 0 Å². The molecule has 0 bridgehead atoms. The molecule has 2 unspecified atom stereocenters. The molecule has 1 amide bonds. The Bertz CT molecular complexity index is 1160. The van der Waals surface area contributed by atoms with Crippen LogP contribution in [0.3, 0.4) is 0 Å². The maximum absolute atomic E-state index is 13.7. The molecule has 0 saturated carbocycles. The molecule has 2 atom stereocenters. The van der Waals surface area contributed by atoms with Crippen molar-refractivity contribution in [2.45, 2.75) is 38.9 Å². The SMILES string of the molecule is Cc1ccc(-n2cnc(C(F)(F)F)n2)c(C(=O)N2CCCC(C)C2CNc2ccc(F)cn2)c1. The number of likely N-dealkylation sites (tertiary alicyclic amines) is 1. The zero-order chi connectivity index (χ0) is 24.5. The highest BCUT2D eigenvalue weighted by molar-refractivity contribution is 5.98. The lowest BCUT2D eigenvalue weighted by molar-refractivity contribution is -0.144. The summed E-state index contributed by atoms with van der Waals surface area (Å²) in [5.41, 5.74) is 1.26. The van der Waals surface area contributed by atoms with E-state index in [1.54, 1.807) is 30.0 Å². The fourth-order valence-electron chi connectivity index (χ4n) is 4.19. The van der Waals surface area contributed by atoms with E-state index >= 15 is 0 Å². The Kier molecular flexibility index (Phi) is 6.54. The Hall–Kier alpha value is -3.50. The zero-order valence-corrected chi connectivity index (χ0v) is 18.7. The number of nitrogens with zero attached hydrogens (tertiary/aromatic N) is 5. The molecule has 3 heterocycles. The number of amides is 1. The van der Waals surface area contributed by atoms with Crippen molar-refractivity contribution < 1.29 is 22.4 Å². The predicted octanol–water partition coefficient (Wildman–Crippen LogP) is 4.48. The van der Waals surface area contributed by atoms with Gasteiger partial charge in [0.05, 0.1) is 23.5 Å². The van der Waals surface area contributed by atoms with Gasteiger partial charge in [-0.05, 0) is 49.9 Å². The fourth-order valence-corrected chi connectivity index (χ4v) is 4.19. The van der Waals surface area contributed by atoms with Gasteiger partial charge in [-0.3, -0.25) is 4.79 Å². The number of hydrogen-bond acceptors (Lipinski definition) is 5. The summed E-state index contributed by atoms with van der Waals surface area (Å²) in [7, 11) is 0. The van der Waals surface area contributed by atoms with Gasteiger partial charge in [0, 0.05) is 13.1 Å². The smallest absolute Gasteiger partial charge is 0.368 e. The van der Waals surface area contributed by atoms with Gasteiger partial charge in [-0.15, -0.1) is 5.10 Å². The molecule has 2 aromatic heterocycles. The number of anilines is 1. The normalized spacial score (nSPS) is 18.7. The minimum absolute atomic E-state index is 0.169. The average Bonchev–Trinajstić information content (AvgIpc) is 3.29. The van der Waals surface area contributed by atoms with Gasteiger partial charge in [-0.25, -0.2) is 19.0 Å². The summed E-state index contributed by atoms with van der Waals surface area (Å²) >= 11 is 0. The molecule has 0 spiro atoms. The van der Waals surface area contributed by atoms with E-state index in [2.05, 4.69) is 20.4 Å². The summed E-state index contributed by atoms with van der Waals surface area (Å²) in [4.78, 5) is 22.8.